The van der Waals surface area contributed by atoms with Crippen molar-refractivity contribution in [2.24, 2.45) is 0 Å². The van der Waals surface area contributed by atoms with Crippen LogP contribution in [0.5, 0.6) is 17.2 Å². The summed E-state index contributed by atoms with van der Waals surface area (Å²) in [5, 5.41) is 34.8. The number of benzene rings is 2. The van der Waals surface area contributed by atoms with Crippen LogP contribution in [0.4, 0.5) is 0 Å². The molecule has 3 heterocycles. The predicted molar refractivity (Wildman–Crippen MR) is 158 cm³/mol. The van der Waals surface area contributed by atoms with Crippen molar-refractivity contribution in [3.05, 3.63) is 51.6 Å². The van der Waals surface area contributed by atoms with Crippen molar-refractivity contribution in [2.75, 3.05) is 13.7 Å². The number of hydrogen-bond acceptors (Lipinski definition) is 11. The zero-order valence-electron chi connectivity index (χ0n) is 23.8. The van der Waals surface area contributed by atoms with E-state index in [2.05, 4.69) is 27.5 Å². The molecule has 0 saturated carbocycles. The second kappa shape index (κ2) is 10.2. The van der Waals surface area contributed by atoms with Gasteiger partial charge in [0.2, 0.25) is 5.78 Å². The topological polar surface area (TPSA) is 152 Å². The van der Waals surface area contributed by atoms with Crippen molar-refractivity contribution in [1.29, 1.82) is 0 Å². The quantitative estimate of drug-likeness (QED) is 0.209. The van der Waals surface area contributed by atoms with E-state index in [0.29, 0.717) is 0 Å². The summed E-state index contributed by atoms with van der Waals surface area (Å²) in [5.41, 5.74) is -2.68. The highest BCUT2D eigenvalue weighted by molar-refractivity contribution is 14.1. The third-order valence-corrected chi connectivity index (χ3v) is 11.0. The fraction of sp³-hybridized carbons (Fsp3) is 0.516. The molecule has 0 bridgehead atoms. The Morgan fingerprint density at radius 3 is 2.58 bits per heavy atom. The molecule has 3 N–H and O–H groups in total. The number of methoxy groups -OCH3 is 1. The number of fused-ring (bicyclic) bond motifs is 6. The summed E-state index contributed by atoms with van der Waals surface area (Å²) in [6.07, 6.45) is -1.10. The lowest BCUT2D eigenvalue weighted by atomic mass is 9.72. The number of hydrogen-bond donors (Lipinski definition) is 3. The van der Waals surface area contributed by atoms with Crippen molar-refractivity contribution < 1.29 is 48.7 Å². The van der Waals surface area contributed by atoms with Gasteiger partial charge in [-0.05, 0) is 32.8 Å². The maximum absolute atomic E-state index is 13.9. The molecule has 0 amide bonds. The predicted octanol–water partition coefficient (Wildman–Crippen LogP) is 2.94. The maximum atomic E-state index is 13.9. The van der Waals surface area contributed by atoms with E-state index in [1.54, 1.807) is 6.07 Å². The first-order valence-electron chi connectivity index (χ1n) is 14.4. The molecule has 3 aliphatic heterocycles. The van der Waals surface area contributed by atoms with E-state index in [9.17, 15) is 29.7 Å². The average molecular weight is 705 g/mol. The molecule has 3 fully saturated rings. The third kappa shape index (κ3) is 4.13. The molecule has 2 aromatic carbocycles. The minimum absolute atomic E-state index is 0.00491. The molecule has 2 aromatic rings. The van der Waals surface area contributed by atoms with E-state index in [4.69, 9.17) is 18.9 Å². The first-order chi connectivity index (χ1) is 20.5. The van der Waals surface area contributed by atoms with Crippen LogP contribution < -0.4 is 4.74 Å². The number of carbonyl (C=O) groups is 3. The Morgan fingerprint density at radius 2 is 1.86 bits per heavy atom. The molecule has 2 aliphatic carbocycles. The lowest BCUT2D eigenvalue weighted by Crippen LogP contribution is -2.58. The highest BCUT2D eigenvalue weighted by atomic mass is 127. The minimum atomic E-state index is -1.96. The number of aliphatic hydroxyl groups is 1. The number of ketones is 3. The van der Waals surface area contributed by atoms with E-state index in [1.807, 2.05) is 6.92 Å². The second-order valence-electron chi connectivity index (χ2n) is 12.1. The number of Topliss-reactive ketones (excluding diaryl/α,β-unsaturated/α-hetero) is 1. The van der Waals surface area contributed by atoms with Gasteiger partial charge < -0.3 is 34.3 Å². The van der Waals surface area contributed by atoms with E-state index in [1.165, 1.54) is 26.2 Å². The van der Waals surface area contributed by atoms with Crippen LogP contribution in [0, 0.1) is 0 Å². The maximum Gasteiger partial charge on any atom is 0.202 e. The van der Waals surface area contributed by atoms with E-state index in [-0.39, 0.29) is 80.4 Å². The third-order valence-electron chi connectivity index (χ3n) is 9.70. The molecule has 0 aromatic heterocycles. The summed E-state index contributed by atoms with van der Waals surface area (Å²) in [4.78, 5) is 42.6. The molecular weight excluding hydrogens is 673 g/mol. The van der Waals surface area contributed by atoms with Crippen LogP contribution in [0.2, 0.25) is 0 Å². The zero-order chi connectivity index (χ0) is 30.5. The van der Waals surface area contributed by atoms with Crippen LogP contribution in [0.1, 0.15) is 82.2 Å². The molecule has 6 unspecified atom stereocenters. The smallest absolute Gasteiger partial charge is 0.202 e. The first-order valence-corrected chi connectivity index (χ1v) is 15.7. The number of carbonyl (C=O) groups excluding carboxylic acids is 3. The molecule has 8 atom stereocenters. The fourth-order valence-electron chi connectivity index (χ4n) is 7.55. The van der Waals surface area contributed by atoms with Crippen molar-refractivity contribution in [3.8, 4) is 17.2 Å². The Kier molecular flexibility index (Phi) is 6.91. The van der Waals surface area contributed by atoms with Crippen LogP contribution in [-0.4, -0.2) is 91.5 Å². The molecule has 0 spiro atoms. The molecule has 5 aliphatic rings. The Bertz CT molecular complexity index is 1580. The number of phenolic OH excluding ortho intramolecular Hbond substituents is 2. The standard InChI is InChI=1S/C31H32INO10/c1-12-29-24(33-9-5-8-18(33)43-29)23(32)30(41-12)42-17-11-31(39,13(2)34)10-15-20(17)28(38)22-21(26(15)36)25(35)14-6-4-7-16(40-3)19(14)27(22)37/h4,6-7,12,17-18,23-24,29-30,36,38-39H,5,8-11H2,1-3H3/t12?,17-,18?,23?,24?,29?,30?,31-/m0/s1. The van der Waals surface area contributed by atoms with Crippen LogP contribution in [-0.2, 0) is 25.4 Å². The van der Waals surface area contributed by atoms with Gasteiger partial charge in [0.1, 0.15) is 35.2 Å². The van der Waals surface area contributed by atoms with Crippen molar-refractivity contribution in [3.63, 3.8) is 0 Å². The van der Waals surface area contributed by atoms with Gasteiger partial charge in [0.15, 0.2) is 17.9 Å². The summed E-state index contributed by atoms with van der Waals surface area (Å²) in [7, 11) is 1.37. The lowest BCUT2D eigenvalue weighted by Gasteiger charge is -2.45. The van der Waals surface area contributed by atoms with Gasteiger partial charge in [0, 0.05) is 36.1 Å². The summed E-state index contributed by atoms with van der Waals surface area (Å²) in [5.74, 6) is -2.89. The second-order valence-corrected chi connectivity index (χ2v) is 13.5. The monoisotopic (exact) mass is 705 g/mol. The Balaban J connectivity index is 1.34. The van der Waals surface area contributed by atoms with Crippen molar-refractivity contribution >= 4 is 39.9 Å². The first kappa shape index (κ1) is 29.1. The molecule has 11 nitrogen and oxygen atoms in total. The average Bonchev–Trinajstić information content (AvgIpc) is 3.58. The summed E-state index contributed by atoms with van der Waals surface area (Å²) < 4.78 is 24.3. The van der Waals surface area contributed by atoms with Crippen LogP contribution in [0.15, 0.2) is 18.2 Å². The van der Waals surface area contributed by atoms with Gasteiger partial charge in [-0.1, -0.05) is 34.7 Å². The summed E-state index contributed by atoms with van der Waals surface area (Å²) in [6, 6.07) is 4.54. The van der Waals surface area contributed by atoms with E-state index in [0.717, 1.165) is 19.4 Å². The Hall–Kier alpha value is -2.62. The van der Waals surface area contributed by atoms with E-state index >= 15 is 0 Å². The lowest BCUT2D eigenvalue weighted by molar-refractivity contribution is -0.241. The van der Waals surface area contributed by atoms with E-state index < -0.39 is 46.8 Å². The van der Waals surface area contributed by atoms with Gasteiger partial charge in [-0.2, -0.15) is 0 Å². The molecule has 7 rings (SSSR count). The van der Waals surface area contributed by atoms with Gasteiger partial charge in [-0.25, -0.2) is 0 Å². The molecule has 228 valence electrons. The van der Waals surface area contributed by atoms with Gasteiger partial charge in [-0.15, -0.1) is 0 Å². The number of aromatic hydroxyl groups is 2. The minimum Gasteiger partial charge on any atom is -0.507 e. The molecule has 12 heteroatoms. The normalized spacial score (nSPS) is 34.7. The number of alkyl halides is 1. The van der Waals surface area contributed by atoms with Crippen LogP contribution >= 0.6 is 22.6 Å². The number of phenols is 2. The number of nitrogens with zero attached hydrogens (tertiary/aromatic N) is 1. The van der Waals surface area contributed by atoms with Crippen molar-refractivity contribution in [2.45, 2.75) is 85.9 Å². The van der Waals surface area contributed by atoms with Gasteiger partial charge in [0.25, 0.3) is 0 Å². The fourth-order valence-corrected chi connectivity index (χ4v) is 8.71. The Labute approximate surface area is 261 Å². The van der Waals surface area contributed by atoms with Gasteiger partial charge in [0.05, 0.1) is 46.0 Å². The Morgan fingerprint density at radius 1 is 1.12 bits per heavy atom. The highest BCUT2D eigenvalue weighted by Crippen LogP contribution is 2.53. The SMILES string of the molecule is COc1cccc2c1C(=O)c1c(O)c3c(c(O)c1C2=O)C[C@@](O)(C(C)=O)C[C@@H]3OC1OC(C)C2OC3CCCN3C2C1I. The molecular formula is C31H32INO10. The molecule has 43 heavy (non-hydrogen) atoms. The van der Waals surface area contributed by atoms with Gasteiger partial charge in [-0.3, -0.25) is 19.3 Å². The summed E-state index contributed by atoms with van der Waals surface area (Å²) >= 11 is 2.28. The van der Waals surface area contributed by atoms with Crippen molar-refractivity contribution in [1.82, 2.24) is 4.90 Å². The highest BCUT2D eigenvalue weighted by Gasteiger charge is 2.56. The largest absolute Gasteiger partial charge is 0.507 e. The summed E-state index contributed by atoms with van der Waals surface area (Å²) in [6.45, 7) is 4.04. The number of ether oxygens (including phenoxy) is 4. The number of rotatable bonds is 4. The molecule has 3 saturated heterocycles. The molecule has 0 radical (unpaired) electrons. The zero-order valence-corrected chi connectivity index (χ0v) is 26.0. The number of halogens is 1. The van der Waals surface area contributed by atoms with Crippen LogP contribution in [0.3, 0.4) is 0 Å². The van der Waals surface area contributed by atoms with Gasteiger partial charge >= 0.3 is 0 Å². The van der Waals surface area contributed by atoms with Crippen LogP contribution in [0.25, 0.3) is 0 Å².